The second-order valence-electron chi connectivity index (χ2n) is 4.68. The van der Waals surface area contributed by atoms with E-state index in [1.54, 1.807) is 0 Å². The molecule has 1 heterocycles. The minimum absolute atomic E-state index is 0.284. The van der Waals surface area contributed by atoms with E-state index < -0.39 is 0 Å². The third-order valence-electron chi connectivity index (χ3n) is 3.43. The molecule has 1 aromatic rings. The standard InChI is InChI=1S/C14H21NO/c1-2-12-10-15(11-12)14-7-3-5-13(9-14)6-4-8-16/h3,5,7,9,12,16H,2,4,6,8,10-11H2,1H3. The van der Waals surface area contributed by atoms with Crippen LogP contribution in [0.25, 0.3) is 0 Å². The minimum Gasteiger partial charge on any atom is -0.396 e. The lowest BCUT2D eigenvalue weighted by Gasteiger charge is -2.41. The van der Waals surface area contributed by atoms with Crippen LogP contribution in [0.5, 0.6) is 0 Å². The van der Waals surface area contributed by atoms with Gasteiger partial charge in [0, 0.05) is 25.4 Å². The van der Waals surface area contributed by atoms with Crippen LogP contribution in [0, 0.1) is 5.92 Å². The quantitative estimate of drug-likeness (QED) is 0.822. The molecule has 1 aliphatic heterocycles. The maximum atomic E-state index is 8.82. The molecule has 0 unspecified atom stereocenters. The molecule has 0 spiro atoms. The number of hydrogen-bond acceptors (Lipinski definition) is 2. The van der Waals surface area contributed by atoms with E-state index >= 15 is 0 Å². The van der Waals surface area contributed by atoms with Crippen molar-refractivity contribution in [1.29, 1.82) is 0 Å². The number of rotatable bonds is 5. The van der Waals surface area contributed by atoms with E-state index in [0.29, 0.717) is 0 Å². The normalized spacial score (nSPS) is 16.2. The van der Waals surface area contributed by atoms with E-state index in [-0.39, 0.29) is 6.61 Å². The van der Waals surface area contributed by atoms with Gasteiger partial charge >= 0.3 is 0 Å². The van der Waals surface area contributed by atoms with Gasteiger partial charge < -0.3 is 10.0 Å². The summed E-state index contributed by atoms with van der Waals surface area (Å²) in [5.41, 5.74) is 2.69. The molecule has 0 saturated carbocycles. The Balaban J connectivity index is 1.94. The fraction of sp³-hybridized carbons (Fsp3) is 0.571. The summed E-state index contributed by atoms with van der Waals surface area (Å²) < 4.78 is 0. The number of aliphatic hydroxyl groups is 1. The zero-order valence-corrected chi connectivity index (χ0v) is 10.0. The Labute approximate surface area is 97.9 Å². The van der Waals surface area contributed by atoms with E-state index in [2.05, 4.69) is 36.1 Å². The molecule has 1 N–H and O–H groups in total. The number of anilines is 1. The fourth-order valence-corrected chi connectivity index (χ4v) is 2.23. The Morgan fingerprint density at radius 1 is 1.38 bits per heavy atom. The second-order valence-corrected chi connectivity index (χ2v) is 4.68. The van der Waals surface area contributed by atoms with Crippen LogP contribution < -0.4 is 4.90 Å². The predicted octanol–water partition coefficient (Wildman–Crippen LogP) is 2.46. The highest BCUT2D eigenvalue weighted by atomic mass is 16.2. The molecule has 0 aromatic heterocycles. The van der Waals surface area contributed by atoms with Gasteiger partial charge in [-0.2, -0.15) is 0 Å². The SMILES string of the molecule is CCC1CN(c2cccc(CCCO)c2)C1. The monoisotopic (exact) mass is 219 g/mol. The third-order valence-corrected chi connectivity index (χ3v) is 3.43. The van der Waals surface area contributed by atoms with Crippen molar-refractivity contribution in [2.24, 2.45) is 5.92 Å². The van der Waals surface area contributed by atoms with Gasteiger partial charge in [0.05, 0.1) is 0 Å². The van der Waals surface area contributed by atoms with Crippen molar-refractivity contribution in [3.05, 3.63) is 29.8 Å². The lowest BCUT2D eigenvalue weighted by Crippen LogP contribution is -2.46. The summed E-state index contributed by atoms with van der Waals surface area (Å²) in [7, 11) is 0. The van der Waals surface area contributed by atoms with Crippen molar-refractivity contribution in [3.8, 4) is 0 Å². The van der Waals surface area contributed by atoms with Gasteiger partial charge in [0.15, 0.2) is 0 Å². The Bertz CT molecular complexity index is 331. The molecule has 2 heteroatoms. The Kier molecular flexibility index (Phi) is 3.83. The molecule has 0 bridgehead atoms. The Morgan fingerprint density at radius 3 is 2.88 bits per heavy atom. The average Bonchev–Trinajstić information content (AvgIpc) is 2.26. The molecule has 1 aromatic carbocycles. The molecule has 2 rings (SSSR count). The summed E-state index contributed by atoms with van der Waals surface area (Å²) in [5, 5.41) is 8.82. The lowest BCUT2D eigenvalue weighted by atomic mass is 9.96. The van der Waals surface area contributed by atoms with Crippen LogP contribution in [-0.2, 0) is 6.42 Å². The fourth-order valence-electron chi connectivity index (χ4n) is 2.23. The molecule has 0 aliphatic carbocycles. The summed E-state index contributed by atoms with van der Waals surface area (Å²) >= 11 is 0. The van der Waals surface area contributed by atoms with Crippen LogP contribution in [-0.4, -0.2) is 24.8 Å². The lowest BCUT2D eigenvalue weighted by molar-refractivity contribution is 0.288. The first-order chi connectivity index (χ1) is 7.83. The first-order valence-corrected chi connectivity index (χ1v) is 6.28. The first-order valence-electron chi connectivity index (χ1n) is 6.28. The van der Waals surface area contributed by atoms with Crippen molar-refractivity contribution in [2.45, 2.75) is 26.2 Å². The van der Waals surface area contributed by atoms with Gasteiger partial charge in [-0.1, -0.05) is 19.1 Å². The van der Waals surface area contributed by atoms with Crippen LogP contribution in [0.2, 0.25) is 0 Å². The maximum absolute atomic E-state index is 8.82. The summed E-state index contributed by atoms with van der Waals surface area (Å²) in [6, 6.07) is 8.73. The van der Waals surface area contributed by atoms with E-state index in [0.717, 1.165) is 18.8 Å². The van der Waals surface area contributed by atoms with Gasteiger partial charge in [-0.3, -0.25) is 0 Å². The zero-order valence-electron chi connectivity index (χ0n) is 10.0. The van der Waals surface area contributed by atoms with Crippen LogP contribution >= 0.6 is 0 Å². The Hall–Kier alpha value is -1.02. The number of nitrogens with zero attached hydrogens (tertiary/aromatic N) is 1. The Morgan fingerprint density at radius 2 is 2.19 bits per heavy atom. The van der Waals surface area contributed by atoms with Crippen LogP contribution in [0.15, 0.2) is 24.3 Å². The maximum Gasteiger partial charge on any atom is 0.0434 e. The highest BCUT2D eigenvalue weighted by Gasteiger charge is 2.24. The van der Waals surface area contributed by atoms with Crippen molar-refractivity contribution in [2.75, 3.05) is 24.6 Å². The van der Waals surface area contributed by atoms with Crippen molar-refractivity contribution in [1.82, 2.24) is 0 Å². The van der Waals surface area contributed by atoms with E-state index in [4.69, 9.17) is 5.11 Å². The first kappa shape index (κ1) is 11.5. The van der Waals surface area contributed by atoms with Gasteiger partial charge in [-0.05, 0) is 42.9 Å². The molecule has 0 amide bonds. The summed E-state index contributed by atoms with van der Waals surface area (Å²) in [6.45, 7) is 4.96. The summed E-state index contributed by atoms with van der Waals surface area (Å²) in [6.07, 6.45) is 3.14. The predicted molar refractivity (Wildman–Crippen MR) is 67.8 cm³/mol. The number of hydrogen-bond donors (Lipinski definition) is 1. The summed E-state index contributed by atoms with van der Waals surface area (Å²) in [5.74, 6) is 0.890. The molecular formula is C14H21NO. The van der Waals surface area contributed by atoms with E-state index in [9.17, 15) is 0 Å². The van der Waals surface area contributed by atoms with Crippen LogP contribution in [0.3, 0.4) is 0 Å². The van der Waals surface area contributed by atoms with Gasteiger partial charge in [0.25, 0.3) is 0 Å². The smallest absolute Gasteiger partial charge is 0.0434 e. The summed E-state index contributed by atoms with van der Waals surface area (Å²) in [4.78, 5) is 2.44. The molecule has 16 heavy (non-hydrogen) atoms. The molecular weight excluding hydrogens is 198 g/mol. The number of benzene rings is 1. The van der Waals surface area contributed by atoms with Gasteiger partial charge in [0.2, 0.25) is 0 Å². The second kappa shape index (κ2) is 5.35. The number of aliphatic hydroxyl groups excluding tert-OH is 1. The highest BCUT2D eigenvalue weighted by Crippen LogP contribution is 2.27. The van der Waals surface area contributed by atoms with Crippen LogP contribution in [0.4, 0.5) is 5.69 Å². The van der Waals surface area contributed by atoms with E-state index in [1.165, 1.54) is 30.8 Å². The van der Waals surface area contributed by atoms with Crippen LogP contribution in [0.1, 0.15) is 25.3 Å². The topological polar surface area (TPSA) is 23.5 Å². The molecule has 88 valence electrons. The van der Waals surface area contributed by atoms with Gasteiger partial charge in [0.1, 0.15) is 0 Å². The highest BCUT2D eigenvalue weighted by molar-refractivity contribution is 5.50. The van der Waals surface area contributed by atoms with Crippen molar-refractivity contribution >= 4 is 5.69 Å². The zero-order chi connectivity index (χ0) is 11.4. The molecule has 2 nitrogen and oxygen atoms in total. The molecule has 1 saturated heterocycles. The van der Waals surface area contributed by atoms with Crippen molar-refractivity contribution < 1.29 is 5.11 Å². The third kappa shape index (κ3) is 2.56. The molecule has 1 aliphatic rings. The molecule has 1 fully saturated rings. The van der Waals surface area contributed by atoms with Gasteiger partial charge in [-0.15, -0.1) is 0 Å². The van der Waals surface area contributed by atoms with E-state index in [1.807, 2.05) is 0 Å². The van der Waals surface area contributed by atoms with Crippen molar-refractivity contribution in [3.63, 3.8) is 0 Å². The average molecular weight is 219 g/mol. The molecule has 0 radical (unpaired) electrons. The number of aryl methyl sites for hydroxylation is 1. The molecule has 0 atom stereocenters. The largest absolute Gasteiger partial charge is 0.396 e. The minimum atomic E-state index is 0.284. The van der Waals surface area contributed by atoms with Gasteiger partial charge in [-0.25, -0.2) is 0 Å².